The Hall–Kier alpha value is -1.88. The molecule has 1 fully saturated rings. The number of carbonyl (C=O) groups is 2. The third-order valence-corrected chi connectivity index (χ3v) is 3.07. The standard InChI is InChI=1S/C13H16N2O3/c16-12(10-2-1-7-14-8-10)15-11-5-3-9(4-6-11)13(17)18/h3-6,10,14H,1-2,7-8H2,(H,15,16)(H,17,18). The van der Waals surface area contributed by atoms with Gasteiger partial charge in [0.25, 0.3) is 0 Å². The molecule has 0 bridgehead atoms. The van der Waals surface area contributed by atoms with Crippen LogP contribution in [0.15, 0.2) is 24.3 Å². The van der Waals surface area contributed by atoms with Gasteiger partial charge in [-0.05, 0) is 43.7 Å². The lowest BCUT2D eigenvalue weighted by atomic mass is 9.99. The highest BCUT2D eigenvalue weighted by Gasteiger charge is 2.20. The molecule has 0 aromatic heterocycles. The van der Waals surface area contributed by atoms with E-state index in [0.717, 1.165) is 19.4 Å². The number of anilines is 1. The van der Waals surface area contributed by atoms with Crippen molar-refractivity contribution in [2.75, 3.05) is 18.4 Å². The highest BCUT2D eigenvalue weighted by Crippen LogP contribution is 2.15. The van der Waals surface area contributed by atoms with Gasteiger partial charge in [0.05, 0.1) is 11.5 Å². The first kappa shape index (κ1) is 12.6. The summed E-state index contributed by atoms with van der Waals surface area (Å²) in [7, 11) is 0. The van der Waals surface area contributed by atoms with Gasteiger partial charge in [0, 0.05) is 12.2 Å². The minimum Gasteiger partial charge on any atom is -0.478 e. The van der Waals surface area contributed by atoms with E-state index < -0.39 is 5.97 Å². The molecule has 0 aliphatic carbocycles. The van der Waals surface area contributed by atoms with Gasteiger partial charge >= 0.3 is 5.97 Å². The Morgan fingerprint density at radius 1 is 1.28 bits per heavy atom. The first-order valence-corrected chi connectivity index (χ1v) is 6.02. The average molecular weight is 248 g/mol. The van der Waals surface area contributed by atoms with Crippen LogP contribution in [0.5, 0.6) is 0 Å². The third-order valence-electron chi connectivity index (χ3n) is 3.07. The van der Waals surface area contributed by atoms with Crippen molar-refractivity contribution < 1.29 is 14.7 Å². The van der Waals surface area contributed by atoms with Gasteiger partial charge < -0.3 is 15.7 Å². The fourth-order valence-electron chi connectivity index (χ4n) is 2.02. The second kappa shape index (κ2) is 5.64. The first-order chi connectivity index (χ1) is 8.66. The molecule has 1 atom stereocenters. The molecule has 2 rings (SSSR count). The second-order valence-corrected chi connectivity index (χ2v) is 4.42. The topological polar surface area (TPSA) is 78.4 Å². The molecule has 0 radical (unpaired) electrons. The van der Waals surface area contributed by atoms with Gasteiger partial charge in [-0.25, -0.2) is 4.79 Å². The molecule has 1 heterocycles. The van der Waals surface area contributed by atoms with Crippen molar-refractivity contribution in [1.29, 1.82) is 0 Å². The molecule has 18 heavy (non-hydrogen) atoms. The molecular weight excluding hydrogens is 232 g/mol. The van der Waals surface area contributed by atoms with Gasteiger partial charge in [-0.15, -0.1) is 0 Å². The van der Waals surface area contributed by atoms with Crippen molar-refractivity contribution in [3.8, 4) is 0 Å². The van der Waals surface area contributed by atoms with E-state index >= 15 is 0 Å². The Morgan fingerprint density at radius 2 is 2.00 bits per heavy atom. The van der Waals surface area contributed by atoms with Gasteiger partial charge in [0.15, 0.2) is 0 Å². The molecule has 96 valence electrons. The molecule has 1 amide bonds. The Morgan fingerprint density at radius 3 is 2.56 bits per heavy atom. The van der Waals surface area contributed by atoms with E-state index in [-0.39, 0.29) is 17.4 Å². The van der Waals surface area contributed by atoms with E-state index in [4.69, 9.17) is 5.11 Å². The number of aromatic carboxylic acids is 1. The summed E-state index contributed by atoms with van der Waals surface area (Å²) < 4.78 is 0. The lowest BCUT2D eigenvalue weighted by Crippen LogP contribution is -2.37. The number of carboxylic acids is 1. The van der Waals surface area contributed by atoms with Crippen molar-refractivity contribution in [1.82, 2.24) is 5.32 Å². The van der Waals surface area contributed by atoms with Crippen molar-refractivity contribution in [2.24, 2.45) is 5.92 Å². The molecule has 1 aromatic carbocycles. The van der Waals surface area contributed by atoms with Crippen LogP contribution in [-0.2, 0) is 4.79 Å². The molecule has 1 aliphatic heterocycles. The highest BCUT2D eigenvalue weighted by atomic mass is 16.4. The van der Waals surface area contributed by atoms with Gasteiger partial charge in [-0.2, -0.15) is 0 Å². The molecule has 0 saturated carbocycles. The zero-order valence-electron chi connectivity index (χ0n) is 9.98. The van der Waals surface area contributed by atoms with Crippen LogP contribution in [0.25, 0.3) is 0 Å². The Bertz CT molecular complexity index is 436. The number of nitrogens with one attached hydrogen (secondary N) is 2. The number of rotatable bonds is 3. The molecule has 1 aromatic rings. The summed E-state index contributed by atoms with van der Waals surface area (Å²) in [6.45, 7) is 1.68. The summed E-state index contributed by atoms with van der Waals surface area (Å²) in [6.07, 6.45) is 1.90. The fraction of sp³-hybridized carbons (Fsp3) is 0.385. The maximum atomic E-state index is 11.9. The number of piperidine rings is 1. The quantitative estimate of drug-likeness (QED) is 0.754. The Labute approximate surface area is 105 Å². The van der Waals surface area contributed by atoms with Crippen LogP contribution < -0.4 is 10.6 Å². The molecular formula is C13H16N2O3. The lowest BCUT2D eigenvalue weighted by Gasteiger charge is -2.21. The van der Waals surface area contributed by atoms with E-state index in [1.165, 1.54) is 12.1 Å². The normalized spacial score (nSPS) is 19.2. The Balaban J connectivity index is 1.96. The number of hydrogen-bond donors (Lipinski definition) is 3. The van der Waals surface area contributed by atoms with Crippen molar-refractivity contribution in [2.45, 2.75) is 12.8 Å². The van der Waals surface area contributed by atoms with E-state index in [0.29, 0.717) is 12.2 Å². The van der Waals surface area contributed by atoms with E-state index in [2.05, 4.69) is 10.6 Å². The summed E-state index contributed by atoms with van der Waals surface area (Å²) in [5, 5.41) is 14.8. The van der Waals surface area contributed by atoms with Gasteiger partial charge in [0.1, 0.15) is 0 Å². The summed E-state index contributed by atoms with van der Waals surface area (Å²) in [6, 6.07) is 6.18. The molecule has 1 aliphatic rings. The van der Waals surface area contributed by atoms with Crippen LogP contribution in [0, 0.1) is 5.92 Å². The molecule has 5 heteroatoms. The largest absolute Gasteiger partial charge is 0.478 e. The average Bonchev–Trinajstić information content (AvgIpc) is 2.40. The van der Waals surface area contributed by atoms with Crippen molar-refractivity contribution in [3.63, 3.8) is 0 Å². The maximum Gasteiger partial charge on any atom is 0.335 e. The molecule has 5 nitrogen and oxygen atoms in total. The molecule has 3 N–H and O–H groups in total. The minimum atomic E-state index is -0.968. The van der Waals surface area contributed by atoms with Crippen molar-refractivity contribution >= 4 is 17.6 Å². The SMILES string of the molecule is O=C(O)c1ccc(NC(=O)C2CCCNC2)cc1. The minimum absolute atomic E-state index is 0.00194. The van der Waals surface area contributed by atoms with Crippen LogP contribution in [0.4, 0.5) is 5.69 Å². The van der Waals surface area contributed by atoms with E-state index in [1.54, 1.807) is 12.1 Å². The second-order valence-electron chi connectivity index (χ2n) is 4.42. The number of benzene rings is 1. The van der Waals surface area contributed by atoms with Crippen LogP contribution in [0.2, 0.25) is 0 Å². The summed E-state index contributed by atoms with van der Waals surface area (Å²) in [5.74, 6) is -0.979. The number of amides is 1. The highest BCUT2D eigenvalue weighted by molar-refractivity contribution is 5.93. The van der Waals surface area contributed by atoms with E-state index in [1.807, 2.05) is 0 Å². The number of hydrogen-bond acceptors (Lipinski definition) is 3. The van der Waals surface area contributed by atoms with E-state index in [9.17, 15) is 9.59 Å². The molecule has 1 unspecified atom stereocenters. The summed E-state index contributed by atoms with van der Waals surface area (Å²) in [5.41, 5.74) is 0.850. The summed E-state index contributed by atoms with van der Waals surface area (Å²) in [4.78, 5) is 22.6. The van der Waals surface area contributed by atoms with Gasteiger partial charge in [-0.3, -0.25) is 4.79 Å². The molecule has 1 saturated heterocycles. The lowest BCUT2D eigenvalue weighted by molar-refractivity contribution is -0.120. The first-order valence-electron chi connectivity index (χ1n) is 6.02. The van der Waals surface area contributed by atoms with Crippen LogP contribution in [0.1, 0.15) is 23.2 Å². The number of carbonyl (C=O) groups excluding carboxylic acids is 1. The van der Waals surface area contributed by atoms with Gasteiger partial charge in [0.2, 0.25) is 5.91 Å². The van der Waals surface area contributed by atoms with Crippen molar-refractivity contribution in [3.05, 3.63) is 29.8 Å². The predicted octanol–water partition coefficient (Wildman–Crippen LogP) is 1.32. The maximum absolute atomic E-state index is 11.9. The predicted molar refractivity (Wildman–Crippen MR) is 67.6 cm³/mol. The zero-order valence-corrected chi connectivity index (χ0v) is 9.98. The van der Waals surface area contributed by atoms with Crippen LogP contribution >= 0.6 is 0 Å². The smallest absolute Gasteiger partial charge is 0.335 e. The fourth-order valence-corrected chi connectivity index (χ4v) is 2.02. The van der Waals surface area contributed by atoms with Crippen LogP contribution in [0.3, 0.4) is 0 Å². The third kappa shape index (κ3) is 3.07. The Kier molecular flexibility index (Phi) is 3.94. The van der Waals surface area contributed by atoms with Gasteiger partial charge in [-0.1, -0.05) is 0 Å². The monoisotopic (exact) mass is 248 g/mol. The summed E-state index contributed by atoms with van der Waals surface area (Å²) >= 11 is 0. The van der Waals surface area contributed by atoms with Crippen LogP contribution in [-0.4, -0.2) is 30.1 Å². The molecule has 0 spiro atoms. The number of carboxylic acid groups (broad SMARTS) is 1. The zero-order chi connectivity index (χ0) is 13.0.